The van der Waals surface area contributed by atoms with Crippen LogP contribution in [0.1, 0.15) is 6.23 Å². The van der Waals surface area contributed by atoms with E-state index in [-0.39, 0.29) is 19.0 Å². The third-order valence-electron chi connectivity index (χ3n) is 4.70. The van der Waals surface area contributed by atoms with Gasteiger partial charge in [0.15, 0.2) is 6.23 Å². The van der Waals surface area contributed by atoms with Crippen molar-refractivity contribution in [2.24, 2.45) is 0 Å². The summed E-state index contributed by atoms with van der Waals surface area (Å²) < 4.78 is 6.04. The van der Waals surface area contributed by atoms with Gasteiger partial charge in [-0.15, -0.1) is 0 Å². The minimum absolute atomic E-state index is 0.0703. The van der Waals surface area contributed by atoms with E-state index in [2.05, 4.69) is 9.97 Å². The molecule has 19 heteroatoms. The first-order chi connectivity index (χ1) is 17.2. The van der Waals surface area contributed by atoms with Gasteiger partial charge in [-0.2, -0.15) is 4.98 Å². The lowest BCUT2D eigenvalue weighted by Crippen LogP contribution is -2.43. The fraction of sp³-hybridized carbons (Fsp3) is 0.611. The van der Waals surface area contributed by atoms with Crippen molar-refractivity contribution < 1.29 is 59.7 Å². The van der Waals surface area contributed by atoms with Crippen LogP contribution in [0.15, 0.2) is 11.1 Å². The highest BCUT2D eigenvalue weighted by atomic mass is 16.6. The number of hydrogen-bond acceptors (Lipinski definition) is 14. The van der Waals surface area contributed by atoms with Gasteiger partial charge in [0.2, 0.25) is 5.95 Å². The summed E-state index contributed by atoms with van der Waals surface area (Å²) in [6.45, 7) is -2.72. The SMILES string of the molecule is Nc1ncn([C@@H]2O[C@H](CO)[C@@H](O)[C@H]2O)c(=O)n1.O=C(O)CN(CCN(CC(=O)O)CC(=O)O)CC(=O)O. The molecule has 0 unspecified atom stereocenters. The second-order valence-electron chi connectivity index (χ2n) is 7.63. The molecule has 1 aromatic rings. The molecule has 19 nitrogen and oxygen atoms in total. The van der Waals surface area contributed by atoms with Gasteiger partial charge in [-0.1, -0.05) is 0 Å². The summed E-state index contributed by atoms with van der Waals surface area (Å²) in [7, 11) is 0. The molecule has 208 valence electrons. The molecule has 9 N–H and O–H groups in total. The van der Waals surface area contributed by atoms with Crippen molar-refractivity contribution in [3.05, 3.63) is 16.8 Å². The number of nitrogens with zero attached hydrogens (tertiary/aromatic N) is 5. The van der Waals surface area contributed by atoms with Gasteiger partial charge in [0.05, 0.1) is 32.8 Å². The first kappa shape index (κ1) is 31.3. The highest BCUT2D eigenvalue weighted by molar-refractivity contribution is 5.73. The largest absolute Gasteiger partial charge is 0.480 e. The summed E-state index contributed by atoms with van der Waals surface area (Å²) in [5.74, 6) is -5.11. The Morgan fingerprint density at radius 3 is 1.65 bits per heavy atom. The molecule has 1 saturated heterocycles. The summed E-state index contributed by atoms with van der Waals surface area (Å²) in [5.41, 5.74) is 4.46. The quantitative estimate of drug-likeness (QED) is 0.117. The van der Waals surface area contributed by atoms with Crippen LogP contribution in [-0.2, 0) is 23.9 Å². The van der Waals surface area contributed by atoms with Gasteiger partial charge in [-0.3, -0.25) is 33.5 Å². The number of aliphatic carboxylic acids is 4. The zero-order valence-electron chi connectivity index (χ0n) is 19.2. The Labute approximate surface area is 207 Å². The number of aromatic nitrogens is 3. The molecule has 37 heavy (non-hydrogen) atoms. The average molecular weight is 536 g/mol. The van der Waals surface area contributed by atoms with Gasteiger partial charge in [0.25, 0.3) is 0 Å². The maximum atomic E-state index is 11.5. The van der Waals surface area contributed by atoms with Crippen molar-refractivity contribution in [3.8, 4) is 0 Å². The van der Waals surface area contributed by atoms with Crippen LogP contribution >= 0.6 is 0 Å². The van der Waals surface area contributed by atoms with Crippen LogP contribution in [0.2, 0.25) is 0 Å². The molecule has 1 aliphatic rings. The molecule has 4 atom stereocenters. The Kier molecular flexibility index (Phi) is 12.4. The highest BCUT2D eigenvalue weighted by Gasteiger charge is 2.43. The summed E-state index contributed by atoms with van der Waals surface area (Å²) in [5, 5.41) is 62.6. The number of aliphatic hydroxyl groups excluding tert-OH is 3. The summed E-state index contributed by atoms with van der Waals surface area (Å²) in [6, 6.07) is 0. The third-order valence-corrected chi connectivity index (χ3v) is 4.70. The van der Waals surface area contributed by atoms with Crippen molar-refractivity contribution in [2.45, 2.75) is 24.5 Å². The van der Waals surface area contributed by atoms with E-state index in [9.17, 15) is 34.2 Å². The van der Waals surface area contributed by atoms with Gasteiger partial charge >= 0.3 is 29.6 Å². The summed E-state index contributed by atoms with van der Waals surface area (Å²) in [4.78, 5) is 62.8. The summed E-state index contributed by atoms with van der Waals surface area (Å²) in [6.07, 6.45) is -3.67. The van der Waals surface area contributed by atoms with E-state index in [1.165, 1.54) is 0 Å². The van der Waals surface area contributed by atoms with Crippen molar-refractivity contribution in [3.63, 3.8) is 0 Å². The molecule has 0 spiro atoms. The molecule has 0 aliphatic carbocycles. The highest BCUT2D eigenvalue weighted by Crippen LogP contribution is 2.27. The van der Waals surface area contributed by atoms with Crippen molar-refractivity contribution in [2.75, 3.05) is 51.6 Å². The number of rotatable bonds is 13. The first-order valence-corrected chi connectivity index (χ1v) is 10.4. The molecule has 0 aromatic carbocycles. The molecular formula is C18H28N6O13. The van der Waals surface area contributed by atoms with Gasteiger partial charge in [0.1, 0.15) is 24.6 Å². The average Bonchev–Trinajstić information content (AvgIpc) is 3.04. The molecule has 2 heterocycles. The fourth-order valence-electron chi connectivity index (χ4n) is 3.12. The van der Waals surface area contributed by atoms with Crippen molar-refractivity contribution in [1.29, 1.82) is 0 Å². The molecule has 0 saturated carbocycles. The van der Waals surface area contributed by atoms with E-state index in [1.54, 1.807) is 0 Å². The van der Waals surface area contributed by atoms with Crippen LogP contribution in [0.4, 0.5) is 5.95 Å². The maximum Gasteiger partial charge on any atom is 0.354 e. The Morgan fingerprint density at radius 2 is 1.32 bits per heavy atom. The molecule has 1 fully saturated rings. The van der Waals surface area contributed by atoms with Gasteiger partial charge in [-0.25, -0.2) is 9.78 Å². The zero-order chi connectivity index (χ0) is 28.3. The van der Waals surface area contributed by atoms with Gasteiger partial charge in [0, 0.05) is 13.1 Å². The number of carboxylic acids is 4. The number of anilines is 1. The van der Waals surface area contributed by atoms with E-state index in [1.807, 2.05) is 0 Å². The second kappa shape index (κ2) is 14.7. The van der Waals surface area contributed by atoms with E-state index in [0.717, 1.165) is 20.7 Å². The number of nitrogens with two attached hydrogens (primary N) is 1. The lowest BCUT2D eigenvalue weighted by Gasteiger charge is -2.23. The number of carbonyl (C=O) groups is 4. The van der Waals surface area contributed by atoms with Gasteiger partial charge in [-0.05, 0) is 0 Å². The van der Waals surface area contributed by atoms with E-state index >= 15 is 0 Å². The molecule has 1 aromatic heterocycles. The fourth-order valence-corrected chi connectivity index (χ4v) is 3.12. The lowest BCUT2D eigenvalue weighted by molar-refractivity contribution is -0.145. The molecule has 1 aliphatic heterocycles. The van der Waals surface area contributed by atoms with Crippen LogP contribution in [-0.4, -0.2) is 148 Å². The van der Waals surface area contributed by atoms with Crippen LogP contribution < -0.4 is 11.4 Å². The standard InChI is InChI=1S/C10H16N2O8.C8H12N4O5/c13-7(14)3-11(4-8(15)16)1-2-12(5-9(17)18)6-10(19)20;9-7-10-2-12(8(16)11-7)6-5(15)4(14)3(1-13)17-6/h1-6H2,(H,13,14)(H,15,16)(H,17,18)(H,19,20);2-6,13-15H,1H2,(H2,9,11,16)/t;3-,4-,5-,6-/m.1/s1. The van der Waals surface area contributed by atoms with Crippen LogP contribution in [0.25, 0.3) is 0 Å². The molecular weight excluding hydrogens is 508 g/mol. The normalized spacial score (nSPS) is 20.9. The third kappa shape index (κ3) is 10.8. The van der Waals surface area contributed by atoms with E-state index in [4.69, 9.17) is 36.0 Å². The molecule has 0 amide bonds. The van der Waals surface area contributed by atoms with Crippen LogP contribution in [0.3, 0.4) is 0 Å². The predicted molar refractivity (Wildman–Crippen MR) is 117 cm³/mol. The van der Waals surface area contributed by atoms with E-state index < -0.39 is 86.9 Å². The van der Waals surface area contributed by atoms with Gasteiger partial charge < -0.3 is 46.2 Å². The molecule has 0 bridgehead atoms. The second-order valence-corrected chi connectivity index (χ2v) is 7.63. The van der Waals surface area contributed by atoms with Crippen molar-refractivity contribution in [1.82, 2.24) is 24.3 Å². The number of nitrogen functional groups attached to an aromatic ring is 1. The Hall–Kier alpha value is -3.75. The zero-order valence-corrected chi connectivity index (χ0v) is 19.2. The number of hydrogen-bond donors (Lipinski definition) is 8. The minimum Gasteiger partial charge on any atom is -0.480 e. The van der Waals surface area contributed by atoms with Crippen LogP contribution in [0.5, 0.6) is 0 Å². The Morgan fingerprint density at radius 1 is 0.892 bits per heavy atom. The monoisotopic (exact) mass is 536 g/mol. The van der Waals surface area contributed by atoms with E-state index in [0.29, 0.717) is 0 Å². The molecule has 2 rings (SSSR count). The predicted octanol–water partition coefficient (Wildman–Crippen LogP) is -5.24. The van der Waals surface area contributed by atoms with Crippen molar-refractivity contribution >= 4 is 29.8 Å². The lowest BCUT2D eigenvalue weighted by atomic mass is 10.1. The Balaban J connectivity index is 0.000000373. The number of ether oxygens (including phenoxy) is 1. The maximum absolute atomic E-state index is 11.5. The number of carboxylic acid groups (broad SMARTS) is 4. The minimum atomic E-state index is -1.35. The summed E-state index contributed by atoms with van der Waals surface area (Å²) >= 11 is 0. The Bertz CT molecular complexity index is 937. The smallest absolute Gasteiger partial charge is 0.354 e. The molecule has 0 radical (unpaired) electrons. The number of aliphatic hydroxyl groups is 3. The first-order valence-electron chi connectivity index (χ1n) is 10.4. The van der Waals surface area contributed by atoms with Crippen LogP contribution in [0, 0.1) is 0 Å². The topological polar surface area (TPSA) is 299 Å².